The quantitative estimate of drug-likeness (QED) is 0.533. The van der Waals surface area contributed by atoms with Gasteiger partial charge in [0.1, 0.15) is 6.04 Å². The van der Waals surface area contributed by atoms with E-state index in [1.165, 1.54) is 18.1 Å². The molecule has 1 heterocycles. The first kappa shape index (κ1) is 21.3. The molecule has 1 aliphatic rings. The van der Waals surface area contributed by atoms with E-state index in [-0.39, 0.29) is 0 Å². The van der Waals surface area contributed by atoms with Crippen molar-refractivity contribution in [2.24, 2.45) is 5.73 Å². The second-order valence-electron chi connectivity index (χ2n) is 6.29. The molecular weight excluding hydrogens is 364 g/mol. The summed E-state index contributed by atoms with van der Waals surface area (Å²) >= 11 is 0. The largest absolute Gasteiger partial charge is 0.493 e. The van der Waals surface area contributed by atoms with Crippen molar-refractivity contribution in [2.75, 3.05) is 26.9 Å². The lowest BCUT2D eigenvalue weighted by Gasteiger charge is -2.33. The number of primary amides is 1. The first-order valence-electron chi connectivity index (χ1n) is 9.20. The number of methoxy groups -OCH3 is 1. The van der Waals surface area contributed by atoms with Gasteiger partial charge in [-0.25, -0.2) is 4.79 Å². The third-order valence-electron chi connectivity index (χ3n) is 4.39. The molecule has 0 spiro atoms. The monoisotopic (exact) mass is 390 g/mol. The Morgan fingerprint density at radius 1 is 1.25 bits per heavy atom. The summed E-state index contributed by atoms with van der Waals surface area (Å²) in [5, 5.41) is 0. The maximum absolute atomic E-state index is 12.3. The number of hydrogen-bond acceptors (Lipinski definition) is 6. The summed E-state index contributed by atoms with van der Waals surface area (Å²) in [7, 11) is 1.53. The van der Waals surface area contributed by atoms with E-state index in [1.54, 1.807) is 24.3 Å². The van der Waals surface area contributed by atoms with Crippen LogP contribution in [-0.4, -0.2) is 55.6 Å². The molecule has 1 saturated heterocycles. The summed E-state index contributed by atoms with van der Waals surface area (Å²) in [5.41, 5.74) is 6.06. The fraction of sp³-hybridized carbons (Fsp3) is 0.450. The van der Waals surface area contributed by atoms with E-state index < -0.39 is 30.4 Å². The number of ether oxygens (including phenoxy) is 3. The number of amides is 2. The van der Waals surface area contributed by atoms with Crippen LogP contribution in [0.4, 0.5) is 0 Å². The fourth-order valence-electron chi connectivity index (χ4n) is 3.02. The van der Waals surface area contributed by atoms with E-state index in [0.29, 0.717) is 36.6 Å². The first-order chi connectivity index (χ1) is 13.5. The van der Waals surface area contributed by atoms with Crippen LogP contribution in [0.15, 0.2) is 24.3 Å². The number of rotatable bonds is 8. The molecule has 2 N–H and O–H groups in total. The number of nitrogens with two attached hydrogens (primary N) is 1. The lowest BCUT2D eigenvalue weighted by molar-refractivity contribution is -0.151. The summed E-state index contributed by atoms with van der Waals surface area (Å²) < 4.78 is 15.7. The third kappa shape index (κ3) is 5.73. The molecular formula is C20H26N2O6. The average Bonchev–Trinajstić information content (AvgIpc) is 2.71. The molecule has 1 atom stereocenters. The standard InChI is InChI=1S/C20H26N2O6/c1-3-27-16-9-7-14(12-17(16)26-2)8-10-19(24)28-13-18(23)22-11-5-4-6-15(22)20(21)25/h7-10,12,15H,3-6,11,13H2,1-2H3,(H2,21,25)/b10-8+/t15-/m1/s1. The van der Waals surface area contributed by atoms with Crippen molar-refractivity contribution in [1.82, 2.24) is 4.90 Å². The van der Waals surface area contributed by atoms with Gasteiger partial charge in [0.25, 0.3) is 5.91 Å². The van der Waals surface area contributed by atoms with Crippen LogP contribution in [0.1, 0.15) is 31.7 Å². The molecule has 28 heavy (non-hydrogen) atoms. The van der Waals surface area contributed by atoms with Crippen LogP contribution in [-0.2, 0) is 19.1 Å². The second-order valence-corrected chi connectivity index (χ2v) is 6.29. The van der Waals surface area contributed by atoms with Gasteiger partial charge in [-0.3, -0.25) is 9.59 Å². The van der Waals surface area contributed by atoms with Gasteiger partial charge in [-0.05, 0) is 50.0 Å². The number of esters is 1. The lowest BCUT2D eigenvalue weighted by Crippen LogP contribution is -2.51. The van der Waals surface area contributed by atoms with Crippen molar-refractivity contribution in [1.29, 1.82) is 0 Å². The number of piperidine rings is 1. The zero-order chi connectivity index (χ0) is 20.5. The molecule has 2 rings (SSSR count). The molecule has 8 nitrogen and oxygen atoms in total. The van der Waals surface area contributed by atoms with Crippen LogP contribution >= 0.6 is 0 Å². The van der Waals surface area contributed by atoms with Gasteiger partial charge in [0.15, 0.2) is 18.1 Å². The number of benzene rings is 1. The van der Waals surface area contributed by atoms with Gasteiger partial charge in [-0.2, -0.15) is 0 Å². The highest BCUT2D eigenvalue weighted by atomic mass is 16.5. The van der Waals surface area contributed by atoms with Crippen LogP contribution < -0.4 is 15.2 Å². The molecule has 0 saturated carbocycles. The Bertz CT molecular complexity index is 746. The molecule has 1 fully saturated rings. The van der Waals surface area contributed by atoms with Crippen molar-refractivity contribution in [3.05, 3.63) is 29.8 Å². The van der Waals surface area contributed by atoms with Crippen LogP contribution in [0, 0.1) is 0 Å². The number of carbonyl (C=O) groups excluding carboxylic acids is 3. The molecule has 1 aliphatic heterocycles. The second kappa shape index (κ2) is 10.3. The zero-order valence-corrected chi connectivity index (χ0v) is 16.2. The predicted octanol–water partition coefficient (Wildman–Crippen LogP) is 1.52. The van der Waals surface area contributed by atoms with E-state index in [0.717, 1.165) is 12.8 Å². The Morgan fingerprint density at radius 2 is 2.04 bits per heavy atom. The molecule has 0 bridgehead atoms. The zero-order valence-electron chi connectivity index (χ0n) is 16.2. The Kier molecular flexibility index (Phi) is 7.86. The van der Waals surface area contributed by atoms with Gasteiger partial charge >= 0.3 is 5.97 Å². The minimum atomic E-state index is -0.658. The van der Waals surface area contributed by atoms with Crippen molar-refractivity contribution >= 4 is 23.9 Å². The normalized spacial score (nSPS) is 16.6. The van der Waals surface area contributed by atoms with E-state index >= 15 is 0 Å². The predicted molar refractivity (Wildman–Crippen MR) is 103 cm³/mol. The molecule has 0 unspecified atom stereocenters. The highest BCUT2D eigenvalue weighted by Crippen LogP contribution is 2.28. The summed E-state index contributed by atoms with van der Waals surface area (Å²) in [5.74, 6) is -0.457. The summed E-state index contributed by atoms with van der Waals surface area (Å²) in [4.78, 5) is 37.0. The Morgan fingerprint density at radius 3 is 2.71 bits per heavy atom. The third-order valence-corrected chi connectivity index (χ3v) is 4.39. The smallest absolute Gasteiger partial charge is 0.331 e. The fourth-order valence-corrected chi connectivity index (χ4v) is 3.02. The van der Waals surface area contributed by atoms with Gasteiger partial charge in [-0.15, -0.1) is 0 Å². The number of likely N-dealkylation sites (tertiary alicyclic amines) is 1. The van der Waals surface area contributed by atoms with Crippen LogP contribution in [0.3, 0.4) is 0 Å². The van der Waals surface area contributed by atoms with Crippen LogP contribution in [0.5, 0.6) is 11.5 Å². The number of carbonyl (C=O) groups is 3. The van der Waals surface area contributed by atoms with Gasteiger partial charge in [0, 0.05) is 12.6 Å². The maximum Gasteiger partial charge on any atom is 0.331 e. The Hall–Kier alpha value is -3.03. The SMILES string of the molecule is CCOc1ccc(/C=C/C(=O)OCC(=O)N2CCCC[C@@H]2C(N)=O)cc1OC. The van der Waals surface area contributed by atoms with E-state index in [1.807, 2.05) is 6.92 Å². The van der Waals surface area contributed by atoms with Gasteiger partial charge < -0.3 is 24.8 Å². The minimum Gasteiger partial charge on any atom is -0.493 e. The summed E-state index contributed by atoms with van der Waals surface area (Å²) in [6.45, 7) is 2.39. The Labute approximate surface area is 164 Å². The molecule has 0 radical (unpaired) electrons. The topological polar surface area (TPSA) is 108 Å². The van der Waals surface area contributed by atoms with Crippen LogP contribution in [0.25, 0.3) is 6.08 Å². The molecule has 152 valence electrons. The van der Waals surface area contributed by atoms with E-state index in [4.69, 9.17) is 19.9 Å². The van der Waals surface area contributed by atoms with Gasteiger partial charge in [0.2, 0.25) is 5.91 Å². The molecule has 1 aromatic rings. The molecule has 0 aromatic heterocycles. The average molecular weight is 390 g/mol. The Balaban J connectivity index is 1.91. The summed E-state index contributed by atoms with van der Waals surface area (Å²) in [6, 6.07) is 4.61. The van der Waals surface area contributed by atoms with Crippen molar-refractivity contribution < 1.29 is 28.6 Å². The van der Waals surface area contributed by atoms with Crippen molar-refractivity contribution in [2.45, 2.75) is 32.2 Å². The summed E-state index contributed by atoms with van der Waals surface area (Å²) in [6.07, 6.45) is 4.95. The molecule has 0 aliphatic carbocycles. The first-order valence-corrected chi connectivity index (χ1v) is 9.20. The maximum atomic E-state index is 12.3. The highest BCUT2D eigenvalue weighted by molar-refractivity contribution is 5.91. The van der Waals surface area contributed by atoms with E-state index in [2.05, 4.69) is 0 Å². The van der Waals surface area contributed by atoms with Crippen molar-refractivity contribution in [3.8, 4) is 11.5 Å². The lowest BCUT2D eigenvalue weighted by atomic mass is 10.0. The highest BCUT2D eigenvalue weighted by Gasteiger charge is 2.30. The van der Waals surface area contributed by atoms with Gasteiger partial charge in [-0.1, -0.05) is 6.07 Å². The molecule has 2 amide bonds. The van der Waals surface area contributed by atoms with Crippen molar-refractivity contribution in [3.63, 3.8) is 0 Å². The molecule has 8 heteroatoms. The van der Waals surface area contributed by atoms with E-state index in [9.17, 15) is 14.4 Å². The number of hydrogen-bond donors (Lipinski definition) is 1. The number of nitrogens with zero attached hydrogens (tertiary/aromatic N) is 1. The minimum absolute atomic E-state index is 0.423. The van der Waals surface area contributed by atoms with Gasteiger partial charge in [0.05, 0.1) is 13.7 Å². The molecule has 1 aromatic carbocycles. The van der Waals surface area contributed by atoms with Crippen LogP contribution in [0.2, 0.25) is 0 Å².